The Hall–Kier alpha value is -1.69. The van der Waals surface area contributed by atoms with Crippen molar-refractivity contribution in [3.8, 4) is 0 Å². The Labute approximate surface area is 119 Å². The van der Waals surface area contributed by atoms with E-state index in [9.17, 15) is 18.4 Å². The summed E-state index contributed by atoms with van der Waals surface area (Å²) in [6.07, 6.45) is 0.0162. The number of hydrogen-bond donors (Lipinski definition) is 1. The highest BCUT2D eigenvalue weighted by Crippen LogP contribution is 2.32. The van der Waals surface area contributed by atoms with Gasteiger partial charge in [-0.25, -0.2) is 8.78 Å². The fraction of sp³-hybridized carbons (Fsp3) is 0.385. The molecule has 7 heteroatoms. The van der Waals surface area contributed by atoms with Crippen LogP contribution in [0.3, 0.4) is 0 Å². The average Bonchev–Trinajstić information content (AvgIpc) is 2.38. The van der Waals surface area contributed by atoms with E-state index < -0.39 is 23.1 Å². The van der Waals surface area contributed by atoms with Gasteiger partial charge in [0.2, 0.25) is 5.91 Å². The second-order valence-corrected chi connectivity index (χ2v) is 5.51. The van der Waals surface area contributed by atoms with E-state index in [0.29, 0.717) is 6.07 Å². The summed E-state index contributed by atoms with van der Waals surface area (Å²) in [4.78, 5) is 25.0. The monoisotopic (exact) mass is 302 g/mol. The van der Waals surface area contributed by atoms with Gasteiger partial charge in [-0.2, -0.15) is 0 Å². The van der Waals surface area contributed by atoms with E-state index in [4.69, 9.17) is 11.6 Å². The molecule has 0 bridgehead atoms. The quantitative estimate of drug-likeness (QED) is 0.865. The van der Waals surface area contributed by atoms with Crippen molar-refractivity contribution in [3.63, 3.8) is 0 Å². The van der Waals surface area contributed by atoms with Crippen molar-refractivity contribution in [2.45, 2.75) is 25.8 Å². The molecule has 20 heavy (non-hydrogen) atoms. The van der Waals surface area contributed by atoms with Crippen LogP contribution in [0.2, 0.25) is 5.02 Å². The molecule has 4 nitrogen and oxygen atoms in total. The number of anilines is 1. The van der Waals surface area contributed by atoms with Gasteiger partial charge >= 0.3 is 0 Å². The molecule has 0 saturated carbocycles. The smallest absolute Gasteiger partial charge is 0.252 e. The molecule has 1 heterocycles. The van der Waals surface area contributed by atoms with E-state index in [1.807, 2.05) is 0 Å². The fourth-order valence-electron chi connectivity index (χ4n) is 2.12. The average molecular weight is 303 g/mol. The van der Waals surface area contributed by atoms with E-state index >= 15 is 0 Å². The van der Waals surface area contributed by atoms with Crippen molar-refractivity contribution >= 4 is 29.1 Å². The first-order valence-corrected chi connectivity index (χ1v) is 6.37. The first-order valence-electron chi connectivity index (χ1n) is 6.00. The lowest BCUT2D eigenvalue weighted by molar-refractivity contribution is -0.128. The molecule has 1 aliphatic rings. The molecule has 108 valence electrons. The highest BCUT2D eigenvalue weighted by atomic mass is 35.5. The highest BCUT2D eigenvalue weighted by molar-refractivity contribution is 6.34. The maximum absolute atomic E-state index is 13.9. The Morgan fingerprint density at radius 3 is 2.55 bits per heavy atom. The number of amides is 2. The number of carbonyl (C=O) groups excluding carboxylic acids is 2. The molecule has 2 amide bonds. The van der Waals surface area contributed by atoms with Gasteiger partial charge in [0.15, 0.2) is 5.82 Å². The summed E-state index contributed by atoms with van der Waals surface area (Å²) in [5.41, 5.74) is -1.39. The maximum atomic E-state index is 13.9. The van der Waals surface area contributed by atoms with Crippen LogP contribution in [0.15, 0.2) is 12.1 Å². The molecule has 0 aliphatic carbocycles. The summed E-state index contributed by atoms with van der Waals surface area (Å²) < 4.78 is 27.0. The number of hydrogen-bond acceptors (Lipinski definition) is 2. The van der Waals surface area contributed by atoms with Gasteiger partial charge in [-0.3, -0.25) is 9.59 Å². The maximum Gasteiger partial charge on any atom is 0.252 e. The third-order valence-electron chi connectivity index (χ3n) is 3.05. The molecular formula is C13H13ClF2N2O2. The second kappa shape index (κ2) is 5.01. The van der Waals surface area contributed by atoms with Crippen LogP contribution in [0, 0.1) is 11.6 Å². The lowest BCUT2D eigenvalue weighted by Crippen LogP contribution is -2.53. The minimum Gasteiger partial charge on any atom is -0.342 e. The van der Waals surface area contributed by atoms with Gasteiger partial charge in [-0.05, 0) is 19.9 Å². The first kappa shape index (κ1) is 14.7. The molecule has 0 atom stereocenters. The first-order chi connectivity index (χ1) is 9.22. The number of carbonyl (C=O) groups is 2. The van der Waals surface area contributed by atoms with Gasteiger partial charge in [-0.15, -0.1) is 0 Å². The summed E-state index contributed by atoms with van der Waals surface area (Å²) in [5.74, 6) is -2.58. The SMILES string of the molecule is CC1(C)NC(=O)CCN(c2c(F)cc(F)cc2Cl)C1=O. The molecule has 1 aliphatic heterocycles. The van der Waals surface area contributed by atoms with Crippen LogP contribution in [0.1, 0.15) is 20.3 Å². The van der Waals surface area contributed by atoms with Crippen LogP contribution in [0.5, 0.6) is 0 Å². The molecule has 0 spiro atoms. The summed E-state index contributed by atoms with van der Waals surface area (Å²) in [7, 11) is 0. The third kappa shape index (κ3) is 2.60. The largest absolute Gasteiger partial charge is 0.342 e. The van der Waals surface area contributed by atoms with Crippen molar-refractivity contribution in [2.24, 2.45) is 0 Å². The van der Waals surface area contributed by atoms with Gasteiger partial charge in [0.05, 0.1) is 10.7 Å². The van der Waals surface area contributed by atoms with Crippen LogP contribution in [0.4, 0.5) is 14.5 Å². The Bertz CT molecular complexity index is 567. The molecule has 1 N–H and O–H groups in total. The number of nitrogens with zero attached hydrogens (tertiary/aromatic N) is 1. The normalized spacial score (nSPS) is 18.8. The topological polar surface area (TPSA) is 49.4 Å². The number of rotatable bonds is 1. The van der Waals surface area contributed by atoms with Gasteiger partial charge in [0.25, 0.3) is 5.91 Å². The summed E-state index contributed by atoms with van der Waals surface area (Å²) in [6.45, 7) is 3.01. The Kier molecular flexibility index (Phi) is 3.69. The van der Waals surface area contributed by atoms with E-state index in [1.54, 1.807) is 0 Å². The molecule has 2 rings (SSSR count). The fourth-order valence-corrected chi connectivity index (χ4v) is 2.42. The second-order valence-electron chi connectivity index (χ2n) is 5.10. The third-order valence-corrected chi connectivity index (χ3v) is 3.33. The van der Waals surface area contributed by atoms with Crippen molar-refractivity contribution in [1.82, 2.24) is 5.32 Å². The van der Waals surface area contributed by atoms with E-state index in [0.717, 1.165) is 11.0 Å². The van der Waals surface area contributed by atoms with Gasteiger partial charge in [0, 0.05) is 19.0 Å². The van der Waals surface area contributed by atoms with Crippen molar-refractivity contribution in [1.29, 1.82) is 0 Å². The number of benzene rings is 1. The van der Waals surface area contributed by atoms with E-state index in [-0.39, 0.29) is 29.6 Å². The lowest BCUT2D eigenvalue weighted by atomic mass is 10.0. The summed E-state index contributed by atoms with van der Waals surface area (Å²) in [6, 6.07) is 1.59. The molecule has 1 fully saturated rings. The number of halogens is 3. The number of nitrogens with one attached hydrogen (secondary N) is 1. The van der Waals surface area contributed by atoms with Gasteiger partial charge in [0.1, 0.15) is 11.4 Å². The zero-order chi connectivity index (χ0) is 15.1. The molecule has 1 saturated heterocycles. The van der Waals surface area contributed by atoms with E-state index in [2.05, 4.69) is 5.32 Å². The molecule has 0 unspecified atom stereocenters. The van der Waals surface area contributed by atoms with Crippen LogP contribution in [-0.4, -0.2) is 23.9 Å². The zero-order valence-electron chi connectivity index (χ0n) is 11.0. The van der Waals surface area contributed by atoms with Crippen LogP contribution < -0.4 is 10.2 Å². The molecular weight excluding hydrogens is 290 g/mol. The van der Waals surface area contributed by atoms with Crippen molar-refractivity contribution in [3.05, 3.63) is 28.8 Å². The standard InChI is InChI=1S/C13H13ClF2N2O2/c1-13(2)12(20)18(4-3-10(19)17-13)11-8(14)5-7(15)6-9(11)16/h5-6H,3-4H2,1-2H3,(H,17,19). The van der Waals surface area contributed by atoms with Crippen LogP contribution in [-0.2, 0) is 9.59 Å². The Morgan fingerprint density at radius 2 is 1.95 bits per heavy atom. The van der Waals surface area contributed by atoms with Crippen molar-refractivity contribution < 1.29 is 18.4 Å². The van der Waals surface area contributed by atoms with Crippen LogP contribution >= 0.6 is 11.6 Å². The Balaban J connectivity index is 2.51. The minimum atomic E-state index is -1.18. The molecule has 0 aromatic heterocycles. The predicted molar refractivity (Wildman–Crippen MR) is 70.6 cm³/mol. The predicted octanol–water partition coefficient (Wildman–Crippen LogP) is 2.25. The van der Waals surface area contributed by atoms with Crippen molar-refractivity contribution in [2.75, 3.05) is 11.4 Å². The van der Waals surface area contributed by atoms with E-state index in [1.165, 1.54) is 13.8 Å². The van der Waals surface area contributed by atoms with Gasteiger partial charge < -0.3 is 10.2 Å². The molecule has 0 radical (unpaired) electrons. The lowest BCUT2D eigenvalue weighted by Gasteiger charge is -2.29. The molecule has 1 aromatic carbocycles. The summed E-state index contributed by atoms with van der Waals surface area (Å²) in [5, 5.41) is 2.34. The molecule has 1 aromatic rings. The minimum absolute atomic E-state index is 0.0162. The Morgan fingerprint density at radius 1 is 1.30 bits per heavy atom. The summed E-state index contributed by atoms with van der Waals surface area (Å²) >= 11 is 5.84. The van der Waals surface area contributed by atoms with Gasteiger partial charge in [-0.1, -0.05) is 11.6 Å². The van der Waals surface area contributed by atoms with Crippen LogP contribution in [0.25, 0.3) is 0 Å². The zero-order valence-corrected chi connectivity index (χ0v) is 11.7. The highest BCUT2D eigenvalue weighted by Gasteiger charge is 2.38.